The molecule has 0 spiro atoms. The number of halogens is 2. The molecule has 2 aromatic rings. The molecule has 25 heavy (non-hydrogen) atoms. The maximum atomic E-state index is 13.1. The Morgan fingerprint density at radius 2 is 2.24 bits per heavy atom. The molecule has 1 aromatic heterocycles. The minimum atomic E-state index is -3.25. The first-order valence-corrected chi connectivity index (χ1v) is 7.71. The lowest BCUT2D eigenvalue weighted by Gasteiger charge is -2.14. The minimum Gasteiger partial charge on any atom is -0.346 e. The number of carbonyl (C=O) groups is 1. The SMILES string of the molecule is Cn1cnnc1Sc1ccc(C(=O)NCC(F)(F)CN)cc1[N+](=O)[O-]. The van der Waals surface area contributed by atoms with Crippen LogP contribution in [0, 0.1) is 10.1 Å². The predicted molar refractivity (Wildman–Crippen MR) is 84.6 cm³/mol. The third-order valence-corrected chi connectivity index (χ3v) is 4.21. The number of nitrogens with two attached hydrogens (primary N) is 1. The van der Waals surface area contributed by atoms with Crippen molar-refractivity contribution in [2.45, 2.75) is 16.0 Å². The number of carbonyl (C=O) groups excluding carboxylic acids is 1. The van der Waals surface area contributed by atoms with Crippen molar-refractivity contribution in [3.05, 3.63) is 40.2 Å². The van der Waals surface area contributed by atoms with Gasteiger partial charge >= 0.3 is 0 Å². The zero-order valence-corrected chi connectivity index (χ0v) is 13.8. The summed E-state index contributed by atoms with van der Waals surface area (Å²) in [6.45, 7) is -1.87. The second kappa shape index (κ2) is 7.53. The summed E-state index contributed by atoms with van der Waals surface area (Å²) < 4.78 is 27.7. The Morgan fingerprint density at radius 3 is 2.80 bits per heavy atom. The van der Waals surface area contributed by atoms with Crippen molar-refractivity contribution >= 4 is 23.4 Å². The molecule has 0 saturated carbocycles. The van der Waals surface area contributed by atoms with E-state index in [1.807, 2.05) is 5.32 Å². The topological polar surface area (TPSA) is 129 Å². The van der Waals surface area contributed by atoms with Crippen LogP contribution in [-0.2, 0) is 7.05 Å². The molecule has 1 heterocycles. The normalized spacial score (nSPS) is 11.4. The number of hydrogen-bond acceptors (Lipinski definition) is 7. The molecule has 0 aliphatic rings. The van der Waals surface area contributed by atoms with Gasteiger partial charge in [-0.25, -0.2) is 8.78 Å². The molecule has 0 aliphatic heterocycles. The lowest BCUT2D eigenvalue weighted by Crippen LogP contribution is -2.41. The van der Waals surface area contributed by atoms with Crippen LogP contribution < -0.4 is 11.1 Å². The summed E-state index contributed by atoms with van der Waals surface area (Å²) in [5.74, 6) is -4.10. The van der Waals surface area contributed by atoms with Gasteiger partial charge in [0.1, 0.15) is 6.33 Å². The van der Waals surface area contributed by atoms with Crippen molar-refractivity contribution in [3.63, 3.8) is 0 Å². The van der Waals surface area contributed by atoms with E-state index in [-0.39, 0.29) is 16.1 Å². The summed E-state index contributed by atoms with van der Waals surface area (Å²) in [6, 6.07) is 3.68. The van der Waals surface area contributed by atoms with E-state index in [4.69, 9.17) is 5.73 Å². The van der Waals surface area contributed by atoms with E-state index >= 15 is 0 Å². The second-order valence-electron chi connectivity index (χ2n) is 5.01. The summed E-state index contributed by atoms with van der Waals surface area (Å²) in [6.07, 6.45) is 1.44. The number of nitrogens with zero attached hydrogens (tertiary/aromatic N) is 4. The molecular weight excluding hydrogens is 358 g/mol. The molecule has 134 valence electrons. The molecule has 1 amide bonds. The van der Waals surface area contributed by atoms with Crippen molar-refractivity contribution in [2.24, 2.45) is 12.8 Å². The Balaban J connectivity index is 2.22. The van der Waals surface area contributed by atoms with Crippen molar-refractivity contribution in [1.82, 2.24) is 20.1 Å². The van der Waals surface area contributed by atoms with Crippen LogP contribution in [0.4, 0.5) is 14.5 Å². The van der Waals surface area contributed by atoms with Gasteiger partial charge < -0.3 is 15.6 Å². The van der Waals surface area contributed by atoms with Gasteiger partial charge in [0.05, 0.1) is 22.9 Å². The highest BCUT2D eigenvalue weighted by Crippen LogP contribution is 2.34. The summed E-state index contributed by atoms with van der Waals surface area (Å²) in [5, 5.41) is 21.2. The van der Waals surface area contributed by atoms with Gasteiger partial charge in [0.2, 0.25) is 0 Å². The quantitative estimate of drug-likeness (QED) is 0.552. The minimum absolute atomic E-state index is 0.109. The number of aromatic nitrogens is 3. The number of amides is 1. The highest BCUT2D eigenvalue weighted by Gasteiger charge is 2.28. The first kappa shape index (κ1) is 18.7. The molecule has 0 radical (unpaired) electrons. The molecule has 0 fully saturated rings. The standard InChI is InChI=1S/C13H14F2N6O3S/c1-20-7-18-19-12(20)25-10-3-2-8(4-9(10)21(23)24)11(22)17-6-13(14,15)5-16/h2-4,7H,5-6,16H2,1H3,(H,17,22). The van der Waals surface area contributed by atoms with Crippen LogP contribution >= 0.6 is 11.8 Å². The van der Waals surface area contributed by atoms with Crippen LogP contribution in [0.5, 0.6) is 0 Å². The maximum Gasteiger partial charge on any atom is 0.284 e. The van der Waals surface area contributed by atoms with Crippen LogP contribution in [0.15, 0.2) is 34.6 Å². The molecule has 0 unspecified atom stereocenters. The zero-order valence-electron chi connectivity index (χ0n) is 13.0. The smallest absolute Gasteiger partial charge is 0.284 e. The third-order valence-electron chi connectivity index (χ3n) is 3.10. The highest BCUT2D eigenvalue weighted by atomic mass is 32.2. The first-order chi connectivity index (χ1) is 11.7. The largest absolute Gasteiger partial charge is 0.346 e. The summed E-state index contributed by atoms with van der Waals surface area (Å²) in [4.78, 5) is 22.8. The van der Waals surface area contributed by atoms with Crippen LogP contribution in [0.25, 0.3) is 0 Å². The zero-order chi connectivity index (χ0) is 18.6. The van der Waals surface area contributed by atoms with Gasteiger partial charge in [-0.3, -0.25) is 14.9 Å². The number of rotatable bonds is 7. The summed E-state index contributed by atoms with van der Waals surface area (Å²) in [7, 11) is 1.67. The van der Waals surface area contributed by atoms with E-state index in [0.29, 0.717) is 5.16 Å². The van der Waals surface area contributed by atoms with E-state index in [0.717, 1.165) is 17.8 Å². The lowest BCUT2D eigenvalue weighted by molar-refractivity contribution is -0.387. The fourth-order valence-corrected chi connectivity index (χ4v) is 2.58. The van der Waals surface area contributed by atoms with E-state index in [2.05, 4.69) is 10.2 Å². The Kier molecular flexibility index (Phi) is 5.64. The molecule has 9 nitrogen and oxygen atoms in total. The summed E-state index contributed by atoms with van der Waals surface area (Å²) >= 11 is 0.997. The Bertz CT molecular complexity index is 798. The van der Waals surface area contributed by atoms with Gasteiger partial charge in [-0.1, -0.05) is 0 Å². The van der Waals surface area contributed by atoms with Gasteiger partial charge in [0.15, 0.2) is 5.16 Å². The van der Waals surface area contributed by atoms with E-state index < -0.39 is 29.8 Å². The van der Waals surface area contributed by atoms with Crippen molar-refractivity contribution in [1.29, 1.82) is 0 Å². The number of benzene rings is 1. The second-order valence-corrected chi connectivity index (χ2v) is 6.02. The fraction of sp³-hybridized carbons (Fsp3) is 0.308. The van der Waals surface area contributed by atoms with Crippen molar-refractivity contribution in [2.75, 3.05) is 13.1 Å². The number of hydrogen-bond donors (Lipinski definition) is 2. The Hall–Kier alpha value is -2.60. The number of nitrogens with one attached hydrogen (secondary N) is 1. The Labute approximate surface area is 144 Å². The summed E-state index contributed by atoms with van der Waals surface area (Å²) in [5.41, 5.74) is 4.43. The molecule has 0 bridgehead atoms. The van der Waals surface area contributed by atoms with Gasteiger partial charge in [-0.2, -0.15) is 0 Å². The monoisotopic (exact) mass is 372 g/mol. The molecule has 0 aliphatic carbocycles. The van der Waals surface area contributed by atoms with Gasteiger partial charge in [0, 0.05) is 18.7 Å². The fourth-order valence-electron chi connectivity index (χ4n) is 1.73. The van der Waals surface area contributed by atoms with Crippen molar-refractivity contribution < 1.29 is 18.5 Å². The number of nitro groups is 1. The Morgan fingerprint density at radius 1 is 1.52 bits per heavy atom. The molecule has 0 saturated heterocycles. The van der Waals surface area contributed by atoms with Crippen molar-refractivity contribution in [3.8, 4) is 0 Å². The predicted octanol–water partition coefficient (Wildman–Crippen LogP) is 1.20. The molecule has 2 rings (SSSR count). The van der Waals surface area contributed by atoms with E-state index in [9.17, 15) is 23.7 Å². The van der Waals surface area contributed by atoms with Gasteiger partial charge in [0.25, 0.3) is 17.5 Å². The molecular formula is C13H14F2N6O3S. The van der Waals surface area contributed by atoms with Gasteiger partial charge in [-0.05, 0) is 23.9 Å². The molecule has 3 N–H and O–H groups in total. The van der Waals surface area contributed by atoms with Crippen LogP contribution in [0.3, 0.4) is 0 Å². The number of aryl methyl sites for hydroxylation is 1. The van der Waals surface area contributed by atoms with Crippen LogP contribution in [0.1, 0.15) is 10.4 Å². The van der Waals surface area contributed by atoms with Crippen LogP contribution in [0.2, 0.25) is 0 Å². The molecule has 12 heteroatoms. The average molecular weight is 372 g/mol. The van der Waals surface area contributed by atoms with E-state index in [1.54, 1.807) is 11.6 Å². The highest BCUT2D eigenvalue weighted by molar-refractivity contribution is 7.99. The number of nitro benzene ring substituents is 1. The average Bonchev–Trinajstić information content (AvgIpc) is 2.98. The van der Waals surface area contributed by atoms with Crippen LogP contribution in [-0.4, -0.2) is 44.6 Å². The maximum absolute atomic E-state index is 13.1. The first-order valence-electron chi connectivity index (χ1n) is 6.90. The molecule has 1 aromatic carbocycles. The molecule has 0 atom stereocenters. The lowest BCUT2D eigenvalue weighted by atomic mass is 10.2. The van der Waals surface area contributed by atoms with Gasteiger partial charge in [-0.15, -0.1) is 10.2 Å². The van der Waals surface area contributed by atoms with E-state index in [1.165, 1.54) is 18.5 Å². The third kappa shape index (κ3) is 4.70. The number of alkyl halides is 2.